The molecule has 2 saturated heterocycles. The predicted octanol–water partition coefficient (Wildman–Crippen LogP) is 1.95. The van der Waals surface area contributed by atoms with E-state index in [1.165, 1.54) is 0 Å². The first-order chi connectivity index (χ1) is 9.67. The van der Waals surface area contributed by atoms with Gasteiger partial charge in [-0.15, -0.1) is 0 Å². The number of carbonyl (C=O) groups excluding carboxylic acids is 1. The van der Waals surface area contributed by atoms with Crippen LogP contribution in [0.15, 0.2) is 18.2 Å². The Morgan fingerprint density at radius 2 is 2.00 bits per heavy atom. The number of piperidine rings is 1. The molecular weight excluding hydrogens is 254 g/mol. The minimum absolute atomic E-state index is 0.0749. The molecule has 20 heavy (non-hydrogen) atoms. The summed E-state index contributed by atoms with van der Waals surface area (Å²) in [6.45, 7) is 3.43. The molecular formula is C16H21NO3. The van der Waals surface area contributed by atoms with E-state index >= 15 is 0 Å². The topological polar surface area (TPSA) is 47.6 Å². The molecule has 1 aromatic rings. The van der Waals surface area contributed by atoms with Crippen LogP contribution < -0.4 is 10.1 Å². The fourth-order valence-electron chi connectivity index (χ4n) is 3.29. The van der Waals surface area contributed by atoms with E-state index in [1.54, 1.807) is 7.11 Å². The molecule has 2 aliphatic heterocycles. The predicted molar refractivity (Wildman–Crippen MR) is 76.3 cm³/mol. The molecule has 0 amide bonds. The molecule has 0 spiro atoms. The number of ether oxygens (including phenoxy) is 2. The highest BCUT2D eigenvalue weighted by Crippen LogP contribution is 2.30. The lowest BCUT2D eigenvalue weighted by Gasteiger charge is -2.39. The molecule has 2 unspecified atom stereocenters. The zero-order valence-electron chi connectivity index (χ0n) is 12.0. The first-order valence-electron chi connectivity index (χ1n) is 7.20. The van der Waals surface area contributed by atoms with Crippen LogP contribution in [0.5, 0.6) is 5.75 Å². The monoisotopic (exact) mass is 275 g/mol. The van der Waals surface area contributed by atoms with Gasteiger partial charge < -0.3 is 14.8 Å². The Balaban J connectivity index is 1.83. The largest absolute Gasteiger partial charge is 0.496 e. The van der Waals surface area contributed by atoms with Crippen molar-refractivity contribution in [2.75, 3.05) is 20.3 Å². The molecule has 2 heterocycles. The number of morpholine rings is 1. The minimum Gasteiger partial charge on any atom is -0.496 e. The molecule has 0 aliphatic carbocycles. The molecule has 0 saturated carbocycles. The average Bonchev–Trinajstić information content (AvgIpc) is 2.46. The number of aryl methyl sites for hydroxylation is 1. The number of hydrogen-bond acceptors (Lipinski definition) is 4. The van der Waals surface area contributed by atoms with Crippen LogP contribution in [0.4, 0.5) is 0 Å². The van der Waals surface area contributed by atoms with Crippen molar-refractivity contribution in [3.8, 4) is 5.75 Å². The van der Waals surface area contributed by atoms with E-state index in [0.717, 1.165) is 24.0 Å². The van der Waals surface area contributed by atoms with Gasteiger partial charge in [-0.05, 0) is 31.9 Å². The average molecular weight is 275 g/mol. The van der Waals surface area contributed by atoms with Gasteiger partial charge in [-0.25, -0.2) is 0 Å². The second-order valence-corrected chi connectivity index (χ2v) is 5.83. The first-order valence-corrected chi connectivity index (χ1v) is 7.20. The van der Waals surface area contributed by atoms with Gasteiger partial charge in [0.2, 0.25) is 0 Å². The smallest absolute Gasteiger partial charge is 0.169 e. The van der Waals surface area contributed by atoms with Crippen molar-refractivity contribution in [2.24, 2.45) is 5.92 Å². The lowest BCUT2D eigenvalue weighted by atomic mass is 9.81. The third-order valence-corrected chi connectivity index (χ3v) is 4.24. The van der Waals surface area contributed by atoms with Gasteiger partial charge in [-0.2, -0.15) is 0 Å². The van der Waals surface area contributed by atoms with Crippen LogP contribution in [0, 0.1) is 12.8 Å². The van der Waals surface area contributed by atoms with E-state index in [1.807, 2.05) is 25.1 Å². The maximum atomic E-state index is 12.8. The number of nitrogens with one attached hydrogen (secondary N) is 1. The summed E-state index contributed by atoms with van der Waals surface area (Å²) in [4.78, 5) is 12.8. The SMILES string of the molecule is COc1ccc(C)cc1C(=O)C1CC2COCC(C1)N2. The number of fused-ring (bicyclic) bond motifs is 2. The maximum absolute atomic E-state index is 12.8. The standard InChI is InChI=1S/C16H21NO3/c1-10-3-4-15(19-2)14(5-10)16(18)11-6-12-8-20-9-13(7-11)17-12/h3-5,11-13,17H,6-9H2,1-2H3. The third kappa shape index (κ3) is 2.58. The van der Waals surface area contributed by atoms with Crippen LogP contribution >= 0.6 is 0 Å². The summed E-state index contributed by atoms with van der Waals surface area (Å²) in [6, 6.07) is 6.42. The van der Waals surface area contributed by atoms with E-state index in [4.69, 9.17) is 9.47 Å². The van der Waals surface area contributed by atoms with Gasteiger partial charge in [0.15, 0.2) is 5.78 Å². The minimum atomic E-state index is 0.0749. The van der Waals surface area contributed by atoms with E-state index in [2.05, 4.69) is 5.32 Å². The van der Waals surface area contributed by atoms with Gasteiger partial charge in [-0.1, -0.05) is 11.6 Å². The van der Waals surface area contributed by atoms with Gasteiger partial charge >= 0.3 is 0 Å². The van der Waals surface area contributed by atoms with Crippen molar-refractivity contribution in [2.45, 2.75) is 31.8 Å². The Bertz CT molecular complexity index is 502. The summed E-state index contributed by atoms with van der Waals surface area (Å²) in [7, 11) is 1.62. The Morgan fingerprint density at radius 3 is 2.65 bits per heavy atom. The molecule has 0 aromatic heterocycles. The van der Waals surface area contributed by atoms with Crippen LogP contribution in [0.1, 0.15) is 28.8 Å². The number of carbonyl (C=O) groups is 1. The molecule has 4 nitrogen and oxygen atoms in total. The van der Waals surface area contributed by atoms with Crippen LogP contribution in [0.25, 0.3) is 0 Å². The third-order valence-electron chi connectivity index (χ3n) is 4.24. The van der Waals surface area contributed by atoms with Crippen LogP contribution in [0.2, 0.25) is 0 Å². The second kappa shape index (κ2) is 5.54. The van der Waals surface area contributed by atoms with E-state index in [0.29, 0.717) is 31.0 Å². The fraction of sp³-hybridized carbons (Fsp3) is 0.562. The summed E-state index contributed by atoms with van der Waals surface area (Å²) in [6.07, 6.45) is 1.71. The normalized spacial score (nSPS) is 29.0. The summed E-state index contributed by atoms with van der Waals surface area (Å²) in [5.74, 6) is 0.968. The van der Waals surface area contributed by atoms with E-state index < -0.39 is 0 Å². The first kappa shape index (κ1) is 13.6. The molecule has 2 bridgehead atoms. The molecule has 2 atom stereocenters. The fourth-order valence-corrected chi connectivity index (χ4v) is 3.29. The van der Waals surface area contributed by atoms with E-state index in [-0.39, 0.29) is 11.7 Å². The van der Waals surface area contributed by atoms with Gasteiger partial charge in [-0.3, -0.25) is 4.79 Å². The van der Waals surface area contributed by atoms with Gasteiger partial charge in [0, 0.05) is 18.0 Å². The lowest BCUT2D eigenvalue weighted by Crippen LogP contribution is -2.55. The number of methoxy groups -OCH3 is 1. The Morgan fingerprint density at radius 1 is 1.30 bits per heavy atom. The number of Topliss-reactive ketones (excluding diaryl/α,β-unsaturated/α-hetero) is 1. The molecule has 1 N–H and O–H groups in total. The van der Waals surface area contributed by atoms with Crippen molar-refractivity contribution < 1.29 is 14.3 Å². The number of rotatable bonds is 3. The number of ketones is 1. The van der Waals surface area contributed by atoms with Gasteiger partial charge in [0.25, 0.3) is 0 Å². The van der Waals surface area contributed by atoms with Crippen molar-refractivity contribution in [1.82, 2.24) is 5.32 Å². The Labute approximate surface area is 119 Å². The second-order valence-electron chi connectivity index (χ2n) is 5.83. The molecule has 1 aromatic carbocycles. The molecule has 4 heteroatoms. The van der Waals surface area contributed by atoms with Crippen LogP contribution in [-0.2, 0) is 4.74 Å². The summed E-state index contributed by atoms with van der Waals surface area (Å²) < 4.78 is 10.9. The number of benzene rings is 1. The number of hydrogen-bond donors (Lipinski definition) is 1. The molecule has 0 radical (unpaired) electrons. The van der Waals surface area contributed by atoms with Crippen molar-refractivity contribution in [1.29, 1.82) is 0 Å². The summed E-state index contributed by atoms with van der Waals surface area (Å²) in [5, 5.41) is 3.52. The highest BCUT2D eigenvalue weighted by molar-refractivity contribution is 6.00. The van der Waals surface area contributed by atoms with Gasteiger partial charge in [0.05, 0.1) is 25.9 Å². The molecule has 2 fully saturated rings. The molecule has 3 rings (SSSR count). The highest BCUT2D eigenvalue weighted by Gasteiger charge is 2.36. The van der Waals surface area contributed by atoms with Gasteiger partial charge in [0.1, 0.15) is 5.75 Å². The zero-order chi connectivity index (χ0) is 14.1. The van der Waals surface area contributed by atoms with Crippen LogP contribution in [-0.4, -0.2) is 38.2 Å². The van der Waals surface area contributed by atoms with Crippen molar-refractivity contribution in [3.63, 3.8) is 0 Å². The highest BCUT2D eigenvalue weighted by atomic mass is 16.5. The van der Waals surface area contributed by atoms with E-state index in [9.17, 15) is 4.79 Å². The van der Waals surface area contributed by atoms with Crippen LogP contribution in [0.3, 0.4) is 0 Å². The molecule has 2 aliphatic rings. The maximum Gasteiger partial charge on any atom is 0.169 e. The van der Waals surface area contributed by atoms with Crippen molar-refractivity contribution >= 4 is 5.78 Å². The quantitative estimate of drug-likeness (QED) is 0.857. The summed E-state index contributed by atoms with van der Waals surface area (Å²) >= 11 is 0. The lowest BCUT2D eigenvalue weighted by molar-refractivity contribution is 0.00948. The summed E-state index contributed by atoms with van der Waals surface area (Å²) in [5.41, 5.74) is 1.81. The Hall–Kier alpha value is -1.39. The Kier molecular flexibility index (Phi) is 3.76. The zero-order valence-corrected chi connectivity index (χ0v) is 12.0. The van der Waals surface area contributed by atoms with Crippen molar-refractivity contribution in [3.05, 3.63) is 29.3 Å². The molecule has 108 valence electrons.